The molecule has 2 amide bonds. The number of nitrogens with one attached hydrogen (secondary N) is 2. The van der Waals surface area contributed by atoms with Gasteiger partial charge in [0.15, 0.2) is 0 Å². The number of ether oxygens (including phenoxy) is 1. The highest BCUT2D eigenvalue weighted by Crippen LogP contribution is 2.27. The summed E-state index contributed by atoms with van der Waals surface area (Å²) in [7, 11) is 1.62. The van der Waals surface area contributed by atoms with Crippen molar-refractivity contribution in [3.63, 3.8) is 0 Å². The van der Waals surface area contributed by atoms with E-state index in [1.807, 2.05) is 56.3 Å². The SMILES string of the molecule is COc1ccc(Cc2nc(NC(=O)C(C(C)C)N3Cc4ccccc4C3=O)n[nH]2)cc1. The zero-order valence-corrected chi connectivity index (χ0v) is 17.8. The van der Waals surface area contributed by atoms with Crippen molar-refractivity contribution in [2.75, 3.05) is 12.4 Å². The summed E-state index contributed by atoms with van der Waals surface area (Å²) < 4.78 is 5.17. The van der Waals surface area contributed by atoms with Gasteiger partial charge < -0.3 is 9.64 Å². The molecule has 1 aliphatic rings. The minimum Gasteiger partial charge on any atom is -0.497 e. The standard InChI is InChI=1S/C23H25N5O3/c1-14(2)20(28-13-16-6-4-5-7-18(16)22(28)30)21(29)25-23-24-19(26-27-23)12-15-8-10-17(31-3)11-9-15/h4-11,14,20H,12-13H2,1-3H3,(H2,24,25,26,27,29). The van der Waals surface area contributed by atoms with Crippen LogP contribution in [0.1, 0.15) is 41.2 Å². The number of amides is 2. The van der Waals surface area contributed by atoms with Crippen LogP contribution >= 0.6 is 0 Å². The van der Waals surface area contributed by atoms with E-state index in [2.05, 4.69) is 20.5 Å². The fourth-order valence-electron chi connectivity index (χ4n) is 3.86. The zero-order valence-electron chi connectivity index (χ0n) is 17.8. The van der Waals surface area contributed by atoms with Crippen molar-refractivity contribution in [2.24, 2.45) is 5.92 Å². The number of hydrogen-bond donors (Lipinski definition) is 2. The number of carbonyl (C=O) groups is 2. The van der Waals surface area contributed by atoms with E-state index in [-0.39, 0.29) is 23.7 Å². The number of nitrogens with zero attached hydrogens (tertiary/aromatic N) is 3. The van der Waals surface area contributed by atoms with Crippen molar-refractivity contribution >= 4 is 17.8 Å². The molecule has 1 aromatic heterocycles. The number of methoxy groups -OCH3 is 1. The molecule has 2 heterocycles. The first-order valence-corrected chi connectivity index (χ1v) is 10.2. The Morgan fingerprint density at radius 2 is 1.94 bits per heavy atom. The number of aromatic nitrogens is 3. The lowest BCUT2D eigenvalue weighted by Gasteiger charge is -2.29. The molecular weight excluding hydrogens is 394 g/mol. The number of H-pyrrole nitrogens is 1. The number of rotatable bonds is 7. The van der Waals surface area contributed by atoms with Gasteiger partial charge in [-0.1, -0.05) is 44.2 Å². The van der Waals surface area contributed by atoms with E-state index in [1.165, 1.54) is 0 Å². The molecule has 1 unspecified atom stereocenters. The number of benzene rings is 2. The summed E-state index contributed by atoms with van der Waals surface area (Å²) in [6, 6.07) is 14.5. The summed E-state index contributed by atoms with van der Waals surface area (Å²) in [6.07, 6.45) is 0.542. The van der Waals surface area contributed by atoms with Crippen molar-refractivity contribution in [1.82, 2.24) is 20.1 Å². The lowest BCUT2D eigenvalue weighted by atomic mass is 10.0. The van der Waals surface area contributed by atoms with E-state index < -0.39 is 6.04 Å². The molecule has 0 fully saturated rings. The van der Waals surface area contributed by atoms with Crippen LogP contribution in [0.2, 0.25) is 0 Å². The summed E-state index contributed by atoms with van der Waals surface area (Å²) in [5.41, 5.74) is 2.63. The van der Waals surface area contributed by atoms with Crippen molar-refractivity contribution in [2.45, 2.75) is 32.9 Å². The lowest BCUT2D eigenvalue weighted by molar-refractivity contribution is -0.122. The van der Waals surface area contributed by atoms with Gasteiger partial charge in [0.25, 0.3) is 5.91 Å². The number of hydrogen-bond acceptors (Lipinski definition) is 5. The molecule has 2 N–H and O–H groups in total. The van der Waals surface area contributed by atoms with Gasteiger partial charge in [0.2, 0.25) is 11.9 Å². The van der Waals surface area contributed by atoms with E-state index >= 15 is 0 Å². The van der Waals surface area contributed by atoms with Crippen LogP contribution in [0.15, 0.2) is 48.5 Å². The third kappa shape index (κ3) is 4.28. The van der Waals surface area contributed by atoms with E-state index in [0.717, 1.165) is 16.9 Å². The molecule has 2 aromatic carbocycles. The molecule has 31 heavy (non-hydrogen) atoms. The summed E-state index contributed by atoms with van der Waals surface area (Å²) in [6.45, 7) is 4.27. The third-order valence-electron chi connectivity index (χ3n) is 5.38. The van der Waals surface area contributed by atoms with Crippen LogP contribution in [0.4, 0.5) is 5.95 Å². The molecule has 1 atom stereocenters. The monoisotopic (exact) mass is 419 g/mol. The van der Waals surface area contributed by atoms with Crippen molar-refractivity contribution in [1.29, 1.82) is 0 Å². The smallest absolute Gasteiger partial charge is 0.255 e. The van der Waals surface area contributed by atoms with Gasteiger partial charge in [-0.3, -0.25) is 20.0 Å². The highest BCUT2D eigenvalue weighted by atomic mass is 16.5. The first-order chi connectivity index (χ1) is 15.0. The van der Waals surface area contributed by atoms with Gasteiger partial charge >= 0.3 is 0 Å². The largest absolute Gasteiger partial charge is 0.497 e. The highest BCUT2D eigenvalue weighted by molar-refractivity contribution is 6.03. The fourth-order valence-corrected chi connectivity index (χ4v) is 3.86. The quantitative estimate of drug-likeness (QED) is 0.613. The Hall–Kier alpha value is -3.68. The molecule has 8 heteroatoms. The number of carbonyl (C=O) groups excluding carboxylic acids is 2. The number of aromatic amines is 1. The second-order valence-electron chi connectivity index (χ2n) is 7.90. The van der Waals surface area contributed by atoms with Gasteiger partial charge in [0, 0.05) is 18.5 Å². The molecule has 160 valence electrons. The molecule has 0 aliphatic carbocycles. The molecule has 1 aliphatic heterocycles. The van der Waals surface area contributed by atoms with Gasteiger partial charge in [-0.25, -0.2) is 0 Å². The molecule has 0 saturated heterocycles. The van der Waals surface area contributed by atoms with Crippen molar-refractivity contribution < 1.29 is 14.3 Å². The summed E-state index contributed by atoms with van der Waals surface area (Å²) in [5, 5.41) is 9.74. The summed E-state index contributed by atoms with van der Waals surface area (Å²) in [5.74, 6) is 1.11. The maximum absolute atomic E-state index is 13.1. The highest BCUT2D eigenvalue weighted by Gasteiger charge is 2.38. The Bertz CT molecular complexity index is 1090. The Morgan fingerprint density at radius 3 is 2.61 bits per heavy atom. The van der Waals surface area contributed by atoms with Gasteiger partial charge in [-0.05, 0) is 35.2 Å². The second kappa shape index (κ2) is 8.59. The van der Waals surface area contributed by atoms with E-state index in [9.17, 15) is 9.59 Å². The molecular formula is C23H25N5O3. The first-order valence-electron chi connectivity index (χ1n) is 10.2. The average molecular weight is 419 g/mol. The third-order valence-corrected chi connectivity index (χ3v) is 5.38. The number of anilines is 1. The fraction of sp³-hybridized carbons (Fsp3) is 0.304. The minimum absolute atomic E-state index is 0.0732. The normalized spacial score (nSPS) is 13.9. The van der Waals surface area contributed by atoms with Crippen LogP contribution < -0.4 is 10.1 Å². The van der Waals surface area contributed by atoms with E-state index in [1.54, 1.807) is 18.1 Å². The molecule has 0 spiro atoms. The van der Waals surface area contributed by atoms with E-state index in [0.29, 0.717) is 24.4 Å². The Balaban J connectivity index is 1.45. The zero-order chi connectivity index (χ0) is 22.0. The van der Waals surface area contributed by atoms with Crippen molar-refractivity contribution in [3.05, 3.63) is 71.0 Å². The molecule has 4 rings (SSSR count). The first kappa shape index (κ1) is 20.6. The van der Waals surface area contributed by atoms with Crippen LogP contribution in [-0.2, 0) is 17.8 Å². The van der Waals surface area contributed by atoms with Crippen molar-refractivity contribution in [3.8, 4) is 5.75 Å². The topological polar surface area (TPSA) is 100 Å². The van der Waals surface area contributed by atoms with Crippen LogP contribution in [0, 0.1) is 5.92 Å². The Kier molecular flexibility index (Phi) is 5.70. The van der Waals surface area contributed by atoms with E-state index in [4.69, 9.17) is 4.74 Å². The summed E-state index contributed by atoms with van der Waals surface area (Å²) >= 11 is 0. The van der Waals surface area contributed by atoms with Crippen LogP contribution in [0.5, 0.6) is 5.75 Å². The predicted molar refractivity (Wildman–Crippen MR) is 116 cm³/mol. The van der Waals surface area contributed by atoms with Gasteiger partial charge in [0.1, 0.15) is 17.6 Å². The molecule has 0 bridgehead atoms. The number of fused-ring (bicyclic) bond motifs is 1. The van der Waals surface area contributed by atoms with Crippen LogP contribution in [-0.4, -0.2) is 45.0 Å². The van der Waals surface area contributed by atoms with Gasteiger partial charge in [0.05, 0.1) is 7.11 Å². The minimum atomic E-state index is -0.622. The lowest BCUT2D eigenvalue weighted by Crippen LogP contribution is -2.47. The second-order valence-corrected chi connectivity index (χ2v) is 7.90. The molecule has 0 saturated carbocycles. The average Bonchev–Trinajstić information content (AvgIpc) is 3.33. The maximum Gasteiger partial charge on any atom is 0.255 e. The Labute approximate surface area is 180 Å². The predicted octanol–water partition coefficient (Wildman–Crippen LogP) is 3.02. The maximum atomic E-state index is 13.1. The van der Waals surface area contributed by atoms with Crippen LogP contribution in [0.25, 0.3) is 0 Å². The Morgan fingerprint density at radius 1 is 1.19 bits per heavy atom. The summed E-state index contributed by atoms with van der Waals surface area (Å²) in [4.78, 5) is 31.9. The van der Waals surface area contributed by atoms with Gasteiger partial charge in [-0.2, -0.15) is 4.98 Å². The van der Waals surface area contributed by atoms with Gasteiger partial charge in [-0.15, -0.1) is 5.10 Å². The molecule has 3 aromatic rings. The molecule has 0 radical (unpaired) electrons. The van der Waals surface area contributed by atoms with Crippen LogP contribution in [0.3, 0.4) is 0 Å². The molecule has 8 nitrogen and oxygen atoms in total.